The van der Waals surface area contributed by atoms with Crippen molar-refractivity contribution in [1.82, 2.24) is 0 Å². The molecule has 0 rings (SSSR count). The van der Waals surface area contributed by atoms with Crippen molar-refractivity contribution in [3.63, 3.8) is 0 Å². The fourth-order valence-electron chi connectivity index (χ4n) is 0.207. The molecule has 0 aliphatic carbocycles. The van der Waals surface area contributed by atoms with Gasteiger partial charge in [0.25, 0.3) is 0 Å². The summed E-state index contributed by atoms with van der Waals surface area (Å²) in [5.41, 5.74) is 15.5. The second kappa shape index (κ2) is 3.21. The molecule has 46 valence electrons. The van der Waals surface area contributed by atoms with Crippen LogP contribution in [0.25, 0.3) is 0 Å². The molecule has 4 heteroatoms. The van der Waals surface area contributed by atoms with E-state index >= 15 is 0 Å². The number of rotatable bonds is 1. The second-order valence-electron chi connectivity index (χ2n) is 1.20. The van der Waals surface area contributed by atoms with E-state index in [0.717, 1.165) is 0 Å². The molecule has 0 spiro atoms. The first-order valence-electron chi connectivity index (χ1n) is 1.97. The van der Waals surface area contributed by atoms with Crippen LogP contribution in [0.1, 0.15) is 0 Å². The lowest BCUT2D eigenvalue weighted by atomic mass is 10.5. The lowest BCUT2D eigenvalue weighted by Crippen LogP contribution is -1.99. The van der Waals surface area contributed by atoms with E-state index in [2.05, 4.69) is 0 Å². The van der Waals surface area contributed by atoms with Crippen LogP contribution in [0, 0.1) is 0 Å². The molecular weight excluding hydrogens is 126 g/mol. The van der Waals surface area contributed by atoms with E-state index in [4.69, 9.17) is 28.8 Å². The molecular formula is C4H8ClN3. The van der Waals surface area contributed by atoms with Crippen molar-refractivity contribution in [2.75, 3.05) is 0 Å². The van der Waals surface area contributed by atoms with Gasteiger partial charge in [0.05, 0.1) is 5.70 Å². The number of hydrogen-bond acceptors (Lipinski definition) is 3. The minimum Gasteiger partial charge on any atom is -0.403 e. The van der Waals surface area contributed by atoms with Crippen molar-refractivity contribution in [3.8, 4) is 0 Å². The van der Waals surface area contributed by atoms with Crippen molar-refractivity contribution in [2.24, 2.45) is 17.2 Å². The van der Waals surface area contributed by atoms with Gasteiger partial charge in [-0.2, -0.15) is 0 Å². The average molecular weight is 134 g/mol. The number of allylic oxidation sites excluding steroid dienone is 1. The van der Waals surface area contributed by atoms with Crippen molar-refractivity contribution in [2.45, 2.75) is 0 Å². The minimum absolute atomic E-state index is 0.129. The molecule has 0 atom stereocenters. The van der Waals surface area contributed by atoms with Crippen LogP contribution in [0.3, 0.4) is 0 Å². The average Bonchev–Trinajstić information content (AvgIpc) is 1.65. The molecule has 8 heavy (non-hydrogen) atoms. The smallest absolute Gasteiger partial charge is 0.101 e. The normalized spacial score (nSPS) is 14.1. The second-order valence-corrected chi connectivity index (χ2v) is 1.63. The standard InChI is InChI=1S/C4H8ClN3/c5-4(8)1-3(7)2-6/h1-2H,6-8H2/b3-2+,4-1-. The Morgan fingerprint density at radius 3 is 2.00 bits per heavy atom. The van der Waals surface area contributed by atoms with Crippen LogP contribution < -0.4 is 17.2 Å². The Morgan fingerprint density at radius 2 is 1.88 bits per heavy atom. The molecule has 0 saturated carbocycles. The Hall–Kier alpha value is -0.830. The molecule has 0 heterocycles. The first-order chi connectivity index (χ1) is 3.66. The third-order valence-corrected chi connectivity index (χ3v) is 0.606. The summed E-state index contributed by atoms with van der Waals surface area (Å²) in [6, 6.07) is 0. The summed E-state index contributed by atoms with van der Waals surface area (Å²) in [5, 5.41) is 0.129. The van der Waals surface area contributed by atoms with E-state index in [1.54, 1.807) is 0 Å². The Labute approximate surface area is 52.8 Å². The first-order valence-corrected chi connectivity index (χ1v) is 2.34. The number of halogens is 1. The van der Waals surface area contributed by atoms with Crippen molar-refractivity contribution < 1.29 is 0 Å². The van der Waals surface area contributed by atoms with Gasteiger partial charge in [-0.05, 0) is 6.08 Å². The first kappa shape index (κ1) is 7.17. The van der Waals surface area contributed by atoms with Crippen LogP contribution in [0.15, 0.2) is 23.1 Å². The van der Waals surface area contributed by atoms with Gasteiger partial charge in [-0.15, -0.1) is 0 Å². The highest BCUT2D eigenvalue weighted by Gasteiger charge is 1.80. The van der Waals surface area contributed by atoms with E-state index in [0.29, 0.717) is 5.70 Å². The summed E-state index contributed by atoms with van der Waals surface area (Å²) in [4.78, 5) is 0. The predicted molar refractivity (Wildman–Crippen MR) is 34.6 cm³/mol. The van der Waals surface area contributed by atoms with Crippen molar-refractivity contribution >= 4 is 11.6 Å². The molecule has 0 amide bonds. The highest BCUT2D eigenvalue weighted by atomic mass is 35.5. The van der Waals surface area contributed by atoms with Gasteiger partial charge in [-0.25, -0.2) is 0 Å². The SMILES string of the molecule is N/C=C(N)\C=C(/N)Cl. The Bertz CT molecular complexity index is 123. The molecule has 6 N–H and O–H groups in total. The summed E-state index contributed by atoms with van der Waals surface area (Å²) >= 11 is 5.21. The third kappa shape index (κ3) is 3.36. The van der Waals surface area contributed by atoms with Gasteiger partial charge in [0.2, 0.25) is 0 Å². The van der Waals surface area contributed by atoms with E-state index in [-0.39, 0.29) is 5.16 Å². The third-order valence-electron chi connectivity index (χ3n) is 0.497. The molecule has 0 radical (unpaired) electrons. The van der Waals surface area contributed by atoms with Gasteiger partial charge in [0.15, 0.2) is 0 Å². The largest absolute Gasteiger partial charge is 0.403 e. The zero-order chi connectivity index (χ0) is 6.57. The maximum absolute atomic E-state index is 5.21. The van der Waals surface area contributed by atoms with Gasteiger partial charge in [-0.3, -0.25) is 0 Å². The number of nitrogens with two attached hydrogens (primary N) is 3. The highest BCUT2D eigenvalue weighted by molar-refractivity contribution is 6.29. The zero-order valence-electron chi connectivity index (χ0n) is 4.26. The molecule has 0 aromatic carbocycles. The van der Waals surface area contributed by atoms with Gasteiger partial charge in [0, 0.05) is 6.20 Å². The van der Waals surface area contributed by atoms with Gasteiger partial charge in [0.1, 0.15) is 5.16 Å². The summed E-state index contributed by atoms with van der Waals surface area (Å²) in [5.74, 6) is 0. The van der Waals surface area contributed by atoms with Crippen LogP contribution >= 0.6 is 11.6 Å². The summed E-state index contributed by atoms with van der Waals surface area (Å²) in [6.07, 6.45) is 2.58. The minimum atomic E-state index is 0.129. The van der Waals surface area contributed by atoms with Crippen molar-refractivity contribution in [1.29, 1.82) is 0 Å². The van der Waals surface area contributed by atoms with E-state index in [9.17, 15) is 0 Å². The molecule has 0 fully saturated rings. The molecule has 0 unspecified atom stereocenters. The monoisotopic (exact) mass is 133 g/mol. The van der Waals surface area contributed by atoms with Crippen LogP contribution in [0.4, 0.5) is 0 Å². The highest BCUT2D eigenvalue weighted by Crippen LogP contribution is 1.92. The molecule has 0 aromatic rings. The maximum atomic E-state index is 5.21. The van der Waals surface area contributed by atoms with Gasteiger partial charge < -0.3 is 17.2 Å². The molecule has 0 bridgehead atoms. The molecule has 0 aromatic heterocycles. The zero-order valence-corrected chi connectivity index (χ0v) is 5.02. The quantitative estimate of drug-likeness (QED) is 0.342. The van der Waals surface area contributed by atoms with Crippen LogP contribution in [0.2, 0.25) is 0 Å². The molecule has 0 aliphatic heterocycles. The molecule has 0 saturated heterocycles. The topological polar surface area (TPSA) is 78.1 Å². The molecule has 3 nitrogen and oxygen atoms in total. The Morgan fingerprint density at radius 1 is 1.38 bits per heavy atom. The predicted octanol–water partition coefficient (Wildman–Crippen LogP) is -0.216. The van der Waals surface area contributed by atoms with Gasteiger partial charge >= 0.3 is 0 Å². The van der Waals surface area contributed by atoms with E-state index in [1.807, 2.05) is 0 Å². The lowest BCUT2D eigenvalue weighted by Gasteiger charge is -1.87. The number of hydrogen-bond donors (Lipinski definition) is 3. The van der Waals surface area contributed by atoms with E-state index in [1.165, 1.54) is 12.3 Å². The summed E-state index contributed by atoms with van der Waals surface area (Å²) in [6.45, 7) is 0. The maximum Gasteiger partial charge on any atom is 0.101 e. The fourth-order valence-corrected chi connectivity index (χ4v) is 0.333. The van der Waals surface area contributed by atoms with Crippen LogP contribution in [0.5, 0.6) is 0 Å². The van der Waals surface area contributed by atoms with Crippen molar-refractivity contribution in [3.05, 3.63) is 23.1 Å². The fraction of sp³-hybridized carbons (Fsp3) is 0. The summed E-state index contributed by atoms with van der Waals surface area (Å²) in [7, 11) is 0. The Balaban J connectivity index is 3.89. The van der Waals surface area contributed by atoms with Gasteiger partial charge in [-0.1, -0.05) is 11.6 Å². The molecule has 0 aliphatic rings. The lowest BCUT2D eigenvalue weighted by molar-refractivity contribution is 1.34. The van der Waals surface area contributed by atoms with Crippen LogP contribution in [-0.2, 0) is 0 Å². The summed E-state index contributed by atoms with van der Waals surface area (Å²) < 4.78 is 0. The van der Waals surface area contributed by atoms with E-state index < -0.39 is 0 Å². The van der Waals surface area contributed by atoms with Crippen LogP contribution in [-0.4, -0.2) is 0 Å². The Kier molecular flexibility index (Phi) is 2.88.